The molecule has 0 saturated carbocycles. The zero-order valence-electron chi connectivity index (χ0n) is 13.4. The number of nitrogens with one attached hydrogen (secondary N) is 1. The molecule has 3 aromatic rings. The number of oxazole rings is 1. The van der Waals surface area contributed by atoms with E-state index in [1.807, 2.05) is 24.3 Å². The molecule has 0 spiro atoms. The molecule has 5 nitrogen and oxygen atoms in total. The van der Waals surface area contributed by atoms with Crippen molar-refractivity contribution in [3.63, 3.8) is 0 Å². The van der Waals surface area contributed by atoms with Crippen LogP contribution in [0, 0.1) is 11.3 Å². The number of benzene rings is 2. The van der Waals surface area contributed by atoms with Crippen molar-refractivity contribution >= 4 is 17.5 Å². The molecule has 1 heterocycles. The van der Waals surface area contributed by atoms with Crippen LogP contribution >= 0.6 is 11.6 Å². The van der Waals surface area contributed by atoms with Gasteiger partial charge in [-0.2, -0.15) is 10.2 Å². The van der Waals surface area contributed by atoms with Crippen molar-refractivity contribution in [2.24, 2.45) is 0 Å². The maximum absolute atomic E-state index is 9.20. The fourth-order valence-corrected chi connectivity index (χ4v) is 2.39. The van der Waals surface area contributed by atoms with Gasteiger partial charge in [0.05, 0.1) is 0 Å². The molecule has 0 aliphatic rings. The summed E-state index contributed by atoms with van der Waals surface area (Å²) < 4.78 is 11.2. The molecule has 0 aliphatic carbocycles. The third-order valence-corrected chi connectivity index (χ3v) is 3.75. The van der Waals surface area contributed by atoms with Gasteiger partial charge in [-0.05, 0) is 36.2 Å². The number of nitrogens with zero attached hydrogens (tertiary/aromatic N) is 2. The van der Waals surface area contributed by atoms with Crippen LogP contribution in [0.4, 0.5) is 5.88 Å². The summed E-state index contributed by atoms with van der Waals surface area (Å²) in [7, 11) is 0. The van der Waals surface area contributed by atoms with Gasteiger partial charge in [-0.25, -0.2) is 0 Å². The van der Waals surface area contributed by atoms with E-state index >= 15 is 0 Å². The van der Waals surface area contributed by atoms with Gasteiger partial charge in [0.2, 0.25) is 17.5 Å². The van der Waals surface area contributed by atoms with E-state index in [2.05, 4.69) is 22.4 Å². The van der Waals surface area contributed by atoms with Gasteiger partial charge >= 0.3 is 0 Å². The Morgan fingerprint density at radius 2 is 1.88 bits per heavy atom. The number of halogens is 1. The third-order valence-electron chi connectivity index (χ3n) is 3.50. The van der Waals surface area contributed by atoms with Crippen molar-refractivity contribution in [2.75, 3.05) is 11.9 Å². The van der Waals surface area contributed by atoms with Crippen molar-refractivity contribution in [2.45, 2.75) is 13.0 Å². The maximum Gasteiger partial charge on any atom is 0.236 e. The topological polar surface area (TPSA) is 71.1 Å². The molecule has 0 amide bonds. The van der Waals surface area contributed by atoms with E-state index in [9.17, 15) is 5.26 Å². The van der Waals surface area contributed by atoms with Crippen molar-refractivity contribution in [3.05, 3.63) is 76.8 Å². The summed E-state index contributed by atoms with van der Waals surface area (Å²) in [4.78, 5) is 4.15. The number of nitriles is 1. The van der Waals surface area contributed by atoms with E-state index in [0.29, 0.717) is 29.1 Å². The Hall–Kier alpha value is -2.97. The number of rotatable bonds is 7. The lowest BCUT2D eigenvalue weighted by Crippen LogP contribution is -2.05. The molecule has 0 fully saturated rings. The van der Waals surface area contributed by atoms with Crippen LogP contribution in [0.3, 0.4) is 0 Å². The van der Waals surface area contributed by atoms with Gasteiger partial charge in [0.25, 0.3) is 0 Å². The van der Waals surface area contributed by atoms with Gasteiger partial charge in [0.1, 0.15) is 11.8 Å². The number of anilines is 1. The van der Waals surface area contributed by atoms with E-state index in [-0.39, 0.29) is 12.3 Å². The Bertz CT molecular complexity index is 855. The van der Waals surface area contributed by atoms with Crippen molar-refractivity contribution < 1.29 is 9.15 Å². The summed E-state index contributed by atoms with van der Waals surface area (Å²) in [6, 6.07) is 19.1. The molecule has 0 unspecified atom stereocenters. The second-order valence-electron chi connectivity index (χ2n) is 5.30. The van der Waals surface area contributed by atoms with Gasteiger partial charge in [-0.1, -0.05) is 41.9 Å². The molecule has 0 atom stereocenters. The van der Waals surface area contributed by atoms with E-state index in [0.717, 1.165) is 6.42 Å². The van der Waals surface area contributed by atoms with Crippen LogP contribution in [0.15, 0.2) is 59.0 Å². The van der Waals surface area contributed by atoms with Gasteiger partial charge in [-0.15, -0.1) is 0 Å². The molecule has 0 saturated heterocycles. The average molecular weight is 354 g/mol. The number of aromatic nitrogens is 1. The first-order chi connectivity index (χ1) is 12.2. The molecule has 0 bridgehead atoms. The smallest absolute Gasteiger partial charge is 0.236 e. The minimum Gasteiger partial charge on any atom is -0.484 e. The van der Waals surface area contributed by atoms with Crippen LogP contribution in [0.5, 0.6) is 5.75 Å². The zero-order chi connectivity index (χ0) is 17.5. The lowest BCUT2D eigenvalue weighted by Gasteiger charge is -2.04. The fourth-order valence-electron chi connectivity index (χ4n) is 2.26. The highest BCUT2D eigenvalue weighted by molar-refractivity contribution is 6.30. The SMILES string of the molecule is N#Cc1nc(COc2ccc(Cl)cc2)oc1NCCc1ccccc1. The largest absolute Gasteiger partial charge is 0.484 e. The normalized spacial score (nSPS) is 10.2. The highest BCUT2D eigenvalue weighted by Crippen LogP contribution is 2.20. The first-order valence-corrected chi connectivity index (χ1v) is 8.18. The zero-order valence-corrected chi connectivity index (χ0v) is 14.2. The average Bonchev–Trinajstić information content (AvgIpc) is 3.04. The van der Waals surface area contributed by atoms with Crippen molar-refractivity contribution in [1.29, 1.82) is 5.26 Å². The Morgan fingerprint density at radius 1 is 1.12 bits per heavy atom. The summed E-state index contributed by atoms with van der Waals surface area (Å²) in [5, 5.41) is 12.9. The number of hydrogen-bond donors (Lipinski definition) is 1. The quantitative estimate of drug-likeness (QED) is 0.680. The van der Waals surface area contributed by atoms with Crippen LogP contribution < -0.4 is 10.1 Å². The van der Waals surface area contributed by atoms with Gasteiger partial charge in [0, 0.05) is 11.6 Å². The first kappa shape index (κ1) is 16.9. The van der Waals surface area contributed by atoms with Gasteiger partial charge < -0.3 is 14.5 Å². The first-order valence-electron chi connectivity index (χ1n) is 7.80. The monoisotopic (exact) mass is 353 g/mol. The molecule has 126 valence electrons. The minimum absolute atomic E-state index is 0.136. The molecule has 2 aromatic carbocycles. The number of ether oxygens (including phenoxy) is 1. The van der Waals surface area contributed by atoms with E-state index in [1.54, 1.807) is 24.3 Å². The van der Waals surface area contributed by atoms with Crippen LogP contribution in [0.2, 0.25) is 5.02 Å². The Morgan fingerprint density at radius 3 is 2.60 bits per heavy atom. The van der Waals surface area contributed by atoms with E-state index in [4.69, 9.17) is 20.8 Å². The maximum atomic E-state index is 9.20. The van der Waals surface area contributed by atoms with Crippen molar-refractivity contribution in [1.82, 2.24) is 4.98 Å². The summed E-state index contributed by atoms with van der Waals surface area (Å²) >= 11 is 5.83. The van der Waals surface area contributed by atoms with Gasteiger partial charge in [-0.3, -0.25) is 0 Å². The number of hydrogen-bond acceptors (Lipinski definition) is 5. The predicted octanol–water partition coefficient (Wildman–Crippen LogP) is 4.43. The minimum atomic E-state index is 0.136. The summed E-state index contributed by atoms with van der Waals surface area (Å²) in [6.45, 7) is 0.780. The standard InChI is InChI=1S/C19H16ClN3O2/c20-15-6-8-16(9-7-15)24-13-18-23-17(12-21)19(25-18)22-11-10-14-4-2-1-3-5-14/h1-9,22H,10-11,13H2. The van der Waals surface area contributed by atoms with Crippen LogP contribution in [0.25, 0.3) is 0 Å². The fraction of sp³-hybridized carbons (Fsp3) is 0.158. The lowest BCUT2D eigenvalue weighted by molar-refractivity contribution is 0.265. The summed E-state index contributed by atoms with van der Waals surface area (Å²) in [5.41, 5.74) is 1.43. The molecular formula is C19H16ClN3O2. The lowest BCUT2D eigenvalue weighted by atomic mass is 10.1. The Balaban J connectivity index is 1.57. The second-order valence-corrected chi connectivity index (χ2v) is 5.74. The third kappa shape index (κ3) is 4.75. The molecule has 0 aliphatic heterocycles. The highest BCUT2D eigenvalue weighted by atomic mass is 35.5. The second kappa shape index (κ2) is 8.22. The van der Waals surface area contributed by atoms with Crippen molar-refractivity contribution in [3.8, 4) is 11.8 Å². The Kier molecular flexibility index (Phi) is 5.55. The molecule has 1 aromatic heterocycles. The highest BCUT2D eigenvalue weighted by Gasteiger charge is 2.13. The summed E-state index contributed by atoms with van der Waals surface area (Å²) in [6.07, 6.45) is 0.822. The van der Waals surface area contributed by atoms with Crippen LogP contribution in [0.1, 0.15) is 17.1 Å². The molecule has 25 heavy (non-hydrogen) atoms. The summed E-state index contributed by atoms with van der Waals surface area (Å²) in [5.74, 6) is 1.36. The van der Waals surface area contributed by atoms with Crippen LogP contribution in [-0.2, 0) is 13.0 Å². The Labute approximate surface area is 150 Å². The molecular weight excluding hydrogens is 338 g/mol. The predicted molar refractivity (Wildman–Crippen MR) is 95.6 cm³/mol. The van der Waals surface area contributed by atoms with E-state index < -0.39 is 0 Å². The molecule has 6 heteroatoms. The molecule has 0 radical (unpaired) electrons. The van der Waals surface area contributed by atoms with E-state index in [1.165, 1.54) is 5.56 Å². The molecule has 1 N–H and O–H groups in total. The van der Waals surface area contributed by atoms with Crippen LogP contribution in [-0.4, -0.2) is 11.5 Å². The molecule has 3 rings (SSSR count). The van der Waals surface area contributed by atoms with Gasteiger partial charge in [0.15, 0.2) is 6.61 Å².